The van der Waals surface area contributed by atoms with Crippen molar-refractivity contribution in [2.75, 3.05) is 0 Å². The molecule has 106 valence electrons. The lowest BCUT2D eigenvalue weighted by atomic mass is 10.1. The first-order chi connectivity index (χ1) is 8.67. The summed E-state index contributed by atoms with van der Waals surface area (Å²) in [5, 5.41) is 9.11. The molecule has 0 aromatic rings. The number of nitrogens with zero attached hydrogens (tertiary/aromatic N) is 1. The van der Waals surface area contributed by atoms with Crippen LogP contribution >= 0.6 is 0 Å². The van der Waals surface area contributed by atoms with Crippen LogP contribution in [0.25, 0.3) is 0 Å². The standard InChI is InChI=1S/C13H19NO5/c1-5-6-8-7-9(11(16)17)14(10(8)15)12(18)19-13(2,3)4/h6,9H,5,7H2,1-4H3,(H,16,17)/b8-6+/t9-/m0/s1. The van der Waals surface area contributed by atoms with Gasteiger partial charge < -0.3 is 9.84 Å². The number of amides is 2. The number of carboxylic acids is 1. The molecule has 0 saturated carbocycles. The van der Waals surface area contributed by atoms with Crippen molar-refractivity contribution >= 4 is 18.0 Å². The molecule has 2 amide bonds. The molecule has 6 nitrogen and oxygen atoms in total. The smallest absolute Gasteiger partial charge is 0.418 e. The largest absolute Gasteiger partial charge is 0.480 e. The number of carboxylic acid groups (broad SMARTS) is 1. The summed E-state index contributed by atoms with van der Waals surface area (Å²) in [5.41, 5.74) is -0.432. The molecule has 0 aliphatic carbocycles. The zero-order valence-electron chi connectivity index (χ0n) is 11.6. The maximum atomic E-state index is 12.0. The number of rotatable bonds is 2. The number of carbonyl (C=O) groups is 3. The van der Waals surface area contributed by atoms with Crippen molar-refractivity contribution in [1.29, 1.82) is 0 Å². The molecule has 19 heavy (non-hydrogen) atoms. The molecule has 1 N–H and O–H groups in total. The Balaban J connectivity index is 3.01. The van der Waals surface area contributed by atoms with Crippen LogP contribution in [0.15, 0.2) is 11.6 Å². The van der Waals surface area contributed by atoms with Crippen LogP contribution in [0, 0.1) is 0 Å². The van der Waals surface area contributed by atoms with E-state index in [9.17, 15) is 14.4 Å². The fourth-order valence-electron chi connectivity index (χ4n) is 1.82. The maximum Gasteiger partial charge on any atom is 0.418 e. The quantitative estimate of drug-likeness (QED) is 0.774. The number of allylic oxidation sites excluding steroid dienone is 1. The van der Waals surface area contributed by atoms with Gasteiger partial charge in [-0.2, -0.15) is 0 Å². The molecule has 1 fully saturated rings. The van der Waals surface area contributed by atoms with Gasteiger partial charge in [-0.15, -0.1) is 0 Å². The lowest BCUT2D eigenvalue weighted by Crippen LogP contribution is -2.45. The average molecular weight is 269 g/mol. The highest BCUT2D eigenvalue weighted by atomic mass is 16.6. The molecule has 0 radical (unpaired) electrons. The van der Waals surface area contributed by atoms with Gasteiger partial charge >= 0.3 is 12.1 Å². The Labute approximate surface area is 112 Å². The van der Waals surface area contributed by atoms with Crippen LogP contribution in [0.4, 0.5) is 4.79 Å². The van der Waals surface area contributed by atoms with E-state index < -0.39 is 29.6 Å². The van der Waals surface area contributed by atoms with Crippen molar-refractivity contribution in [3.8, 4) is 0 Å². The van der Waals surface area contributed by atoms with Gasteiger partial charge in [0.25, 0.3) is 5.91 Å². The van der Waals surface area contributed by atoms with E-state index in [-0.39, 0.29) is 6.42 Å². The highest BCUT2D eigenvalue weighted by molar-refractivity contribution is 6.08. The summed E-state index contributed by atoms with van der Waals surface area (Å²) in [6.07, 6.45) is 1.36. The summed E-state index contributed by atoms with van der Waals surface area (Å²) in [7, 11) is 0. The Morgan fingerprint density at radius 1 is 1.47 bits per heavy atom. The SMILES string of the molecule is CC/C=C1\C[C@@H](C(=O)O)N(C(=O)OC(C)(C)C)C1=O. The van der Waals surface area contributed by atoms with E-state index in [4.69, 9.17) is 9.84 Å². The molecule has 1 rings (SSSR count). The molecular weight excluding hydrogens is 250 g/mol. The Hall–Kier alpha value is -1.85. The Kier molecular flexibility index (Phi) is 4.34. The minimum Gasteiger partial charge on any atom is -0.480 e. The van der Waals surface area contributed by atoms with Crippen molar-refractivity contribution < 1.29 is 24.2 Å². The normalized spacial score (nSPS) is 21.9. The zero-order valence-corrected chi connectivity index (χ0v) is 11.6. The van der Waals surface area contributed by atoms with Crippen molar-refractivity contribution in [1.82, 2.24) is 4.90 Å². The molecule has 1 aliphatic rings. The van der Waals surface area contributed by atoms with E-state index in [1.807, 2.05) is 6.92 Å². The minimum atomic E-state index is -1.21. The Bertz CT molecular complexity index is 433. The highest BCUT2D eigenvalue weighted by Crippen LogP contribution is 2.26. The van der Waals surface area contributed by atoms with E-state index in [0.717, 1.165) is 0 Å². The molecule has 1 heterocycles. The summed E-state index contributed by atoms with van der Waals surface area (Å²) >= 11 is 0. The Morgan fingerprint density at radius 2 is 2.05 bits per heavy atom. The first kappa shape index (κ1) is 15.2. The van der Waals surface area contributed by atoms with Gasteiger partial charge in [-0.3, -0.25) is 4.79 Å². The predicted molar refractivity (Wildman–Crippen MR) is 67.5 cm³/mol. The fourth-order valence-corrected chi connectivity index (χ4v) is 1.82. The minimum absolute atomic E-state index is 0.0290. The van der Waals surface area contributed by atoms with E-state index in [2.05, 4.69) is 0 Å². The monoisotopic (exact) mass is 269 g/mol. The molecule has 1 aliphatic heterocycles. The van der Waals surface area contributed by atoms with Crippen LogP contribution in [0.1, 0.15) is 40.5 Å². The van der Waals surface area contributed by atoms with Gasteiger partial charge in [-0.1, -0.05) is 13.0 Å². The van der Waals surface area contributed by atoms with Crippen molar-refractivity contribution in [3.63, 3.8) is 0 Å². The van der Waals surface area contributed by atoms with E-state index >= 15 is 0 Å². The van der Waals surface area contributed by atoms with Gasteiger partial charge in [0, 0.05) is 12.0 Å². The van der Waals surface area contributed by atoms with E-state index in [1.165, 1.54) is 0 Å². The van der Waals surface area contributed by atoms with Gasteiger partial charge in [-0.25, -0.2) is 14.5 Å². The molecule has 1 atom stereocenters. The van der Waals surface area contributed by atoms with E-state index in [1.54, 1.807) is 26.8 Å². The third-order valence-corrected chi connectivity index (χ3v) is 2.54. The van der Waals surface area contributed by atoms with Crippen LogP contribution in [0.5, 0.6) is 0 Å². The van der Waals surface area contributed by atoms with Crippen molar-refractivity contribution in [3.05, 3.63) is 11.6 Å². The van der Waals surface area contributed by atoms with Crippen molar-refractivity contribution in [2.45, 2.75) is 52.2 Å². The summed E-state index contributed by atoms with van der Waals surface area (Å²) in [6, 6.07) is -1.18. The van der Waals surface area contributed by atoms with Gasteiger partial charge in [-0.05, 0) is 27.2 Å². The number of hydrogen-bond acceptors (Lipinski definition) is 4. The maximum absolute atomic E-state index is 12.0. The molecule has 0 aromatic carbocycles. The van der Waals surface area contributed by atoms with Crippen molar-refractivity contribution in [2.24, 2.45) is 0 Å². The lowest BCUT2D eigenvalue weighted by molar-refractivity contribution is -0.145. The number of imide groups is 1. The second-order valence-corrected chi connectivity index (χ2v) is 5.35. The summed E-state index contributed by atoms with van der Waals surface area (Å²) < 4.78 is 5.07. The van der Waals surface area contributed by atoms with Crippen LogP contribution < -0.4 is 0 Å². The Morgan fingerprint density at radius 3 is 2.47 bits per heavy atom. The molecule has 0 bridgehead atoms. The first-order valence-electron chi connectivity index (χ1n) is 6.15. The lowest BCUT2D eigenvalue weighted by Gasteiger charge is -2.25. The number of hydrogen-bond donors (Lipinski definition) is 1. The topological polar surface area (TPSA) is 83.9 Å². The second-order valence-electron chi connectivity index (χ2n) is 5.35. The molecule has 6 heteroatoms. The summed E-state index contributed by atoms with van der Waals surface area (Å²) in [6.45, 7) is 6.81. The summed E-state index contributed by atoms with van der Waals surface area (Å²) in [4.78, 5) is 35.8. The van der Waals surface area contributed by atoms with E-state index in [0.29, 0.717) is 16.9 Å². The van der Waals surface area contributed by atoms with Crippen LogP contribution in [0.3, 0.4) is 0 Å². The highest BCUT2D eigenvalue weighted by Gasteiger charge is 2.45. The molecule has 0 unspecified atom stereocenters. The van der Waals surface area contributed by atoms with Crippen LogP contribution in [-0.2, 0) is 14.3 Å². The van der Waals surface area contributed by atoms with Crippen LogP contribution in [-0.4, -0.2) is 39.6 Å². The fraction of sp³-hybridized carbons (Fsp3) is 0.615. The van der Waals surface area contributed by atoms with Gasteiger partial charge in [0.2, 0.25) is 0 Å². The molecular formula is C13H19NO5. The first-order valence-corrected chi connectivity index (χ1v) is 6.15. The van der Waals surface area contributed by atoms with Crippen LogP contribution in [0.2, 0.25) is 0 Å². The third-order valence-electron chi connectivity index (χ3n) is 2.54. The summed E-state index contributed by atoms with van der Waals surface area (Å²) in [5.74, 6) is -1.79. The molecule has 0 aromatic heterocycles. The molecule has 1 saturated heterocycles. The average Bonchev–Trinajstić information content (AvgIpc) is 2.54. The van der Waals surface area contributed by atoms with Gasteiger partial charge in [0.15, 0.2) is 0 Å². The second kappa shape index (κ2) is 5.42. The zero-order chi connectivity index (χ0) is 14.8. The molecule has 0 spiro atoms. The number of ether oxygens (including phenoxy) is 1. The van der Waals surface area contributed by atoms with Gasteiger partial charge in [0.1, 0.15) is 11.6 Å². The number of aliphatic carboxylic acids is 1. The third kappa shape index (κ3) is 3.56. The number of carbonyl (C=O) groups excluding carboxylic acids is 2. The number of likely N-dealkylation sites (tertiary alicyclic amines) is 1. The van der Waals surface area contributed by atoms with Gasteiger partial charge in [0.05, 0.1) is 0 Å². The predicted octanol–water partition coefficient (Wildman–Crippen LogP) is 1.94.